The van der Waals surface area contributed by atoms with Gasteiger partial charge in [0.1, 0.15) is 0 Å². The van der Waals surface area contributed by atoms with Gasteiger partial charge >= 0.3 is 0 Å². The first-order valence-electron chi connectivity index (χ1n) is 7.18. The first kappa shape index (κ1) is 15.7. The van der Waals surface area contributed by atoms with Crippen molar-refractivity contribution in [3.63, 3.8) is 0 Å². The van der Waals surface area contributed by atoms with Crippen LogP contribution >= 0.6 is 0 Å². The van der Waals surface area contributed by atoms with Crippen LogP contribution in [0.15, 0.2) is 29.4 Å². The standard InChI is InChI=1S/C16H22N2O3/c1-12(2)14-6-4-13(5-7-14)11-17-18-15(19)10-16(3)20-8-9-21-16/h4-7,11-12H,8-10H2,1-3H3,(H,18,19)/b17-11-. The summed E-state index contributed by atoms with van der Waals surface area (Å²) in [7, 11) is 0. The molecule has 0 radical (unpaired) electrons. The summed E-state index contributed by atoms with van der Waals surface area (Å²) >= 11 is 0. The number of ether oxygens (including phenoxy) is 2. The summed E-state index contributed by atoms with van der Waals surface area (Å²) in [4.78, 5) is 11.8. The monoisotopic (exact) mass is 290 g/mol. The maximum absolute atomic E-state index is 11.8. The second kappa shape index (κ2) is 6.83. The molecule has 1 heterocycles. The number of hydrazone groups is 1. The lowest BCUT2D eigenvalue weighted by Crippen LogP contribution is -2.33. The number of benzene rings is 1. The molecule has 0 unspecified atom stereocenters. The molecule has 114 valence electrons. The fourth-order valence-electron chi connectivity index (χ4n) is 2.14. The van der Waals surface area contributed by atoms with Crippen LogP contribution in [0, 0.1) is 0 Å². The van der Waals surface area contributed by atoms with Crippen LogP contribution in [0.3, 0.4) is 0 Å². The van der Waals surface area contributed by atoms with Gasteiger partial charge in [0.25, 0.3) is 0 Å². The Morgan fingerprint density at radius 1 is 1.33 bits per heavy atom. The third-order valence-electron chi connectivity index (χ3n) is 3.39. The van der Waals surface area contributed by atoms with Gasteiger partial charge in [-0.05, 0) is 24.0 Å². The highest BCUT2D eigenvalue weighted by Crippen LogP contribution is 2.22. The normalized spacial score (nSPS) is 17.5. The van der Waals surface area contributed by atoms with E-state index in [1.54, 1.807) is 13.1 Å². The smallest absolute Gasteiger partial charge is 0.245 e. The van der Waals surface area contributed by atoms with E-state index in [1.165, 1.54) is 5.56 Å². The van der Waals surface area contributed by atoms with Gasteiger partial charge in [0, 0.05) is 0 Å². The van der Waals surface area contributed by atoms with E-state index in [4.69, 9.17) is 9.47 Å². The Bertz CT molecular complexity index is 503. The van der Waals surface area contributed by atoms with Crippen LogP contribution in [0.1, 0.15) is 44.2 Å². The van der Waals surface area contributed by atoms with E-state index in [0.29, 0.717) is 19.1 Å². The van der Waals surface area contributed by atoms with Crippen LogP contribution in [0.5, 0.6) is 0 Å². The first-order chi connectivity index (χ1) is 9.98. The maximum atomic E-state index is 11.8. The van der Waals surface area contributed by atoms with E-state index in [0.717, 1.165) is 5.56 Å². The molecule has 5 nitrogen and oxygen atoms in total. The molecule has 1 aromatic carbocycles. The van der Waals surface area contributed by atoms with Crippen molar-refractivity contribution in [1.29, 1.82) is 0 Å². The lowest BCUT2D eigenvalue weighted by molar-refractivity contribution is -0.159. The molecule has 1 saturated heterocycles. The predicted octanol–water partition coefficient (Wildman–Crippen LogP) is 2.41. The zero-order valence-electron chi connectivity index (χ0n) is 12.8. The van der Waals surface area contributed by atoms with E-state index >= 15 is 0 Å². The molecular formula is C16H22N2O3. The molecule has 0 aromatic heterocycles. The minimum absolute atomic E-state index is 0.136. The van der Waals surface area contributed by atoms with E-state index < -0.39 is 5.79 Å². The average molecular weight is 290 g/mol. The third-order valence-corrected chi connectivity index (χ3v) is 3.39. The number of rotatable bonds is 5. The summed E-state index contributed by atoms with van der Waals surface area (Å²) in [6.45, 7) is 7.10. The Kier molecular flexibility index (Phi) is 5.09. The number of carbonyl (C=O) groups is 1. The van der Waals surface area contributed by atoms with Gasteiger partial charge < -0.3 is 9.47 Å². The van der Waals surface area contributed by atoms with Gasteiger partial charge in [-0.3, -0.25) is 4.79 Å². The lowest BCUT2D eigenvalue weighted by atomic mass is 10.0. The summed E-state index contributed by atoms with van der Waals surface area (Å²) in [5.74, 6) is -0.546. The molecule has 1 aliphatic heterocycles. The van der Waals surface area contributed by atoms with Gasteiger partial charge in [0.15, 0.2) is 5.79 Å². The second-order valence-corrected chi connectivity index (χ2v) is 5.62. The van der Waals surface area contributed by atoms with Gasteiger partial charge in [-0.25, -0.2) is 5.43 Å². The van der Waals surface area contributed by atoms with E-state index in [-0.39, 0.29) is 12.3 Å². The van der Waals surface area contributed by atoms with Crippen molar-refractivity contribution in [2.24, 2.45) is 5.10 Å². The Morgan fingerprint density at radius 3 is 2.52 bits per heavy atom. The Hall–Kier alpha value is -1.72. The minimum atomic E-state index is -0.821. The van der Waals surface area contributed by atoms with Gasteiger partial charge in [-0.2, -0.15) is 5.10 Å². The number of nitrogens with zero attached hydrogens (tertiary/aromatic N) is 1. The number of carbonyl (C=O) groups excluding carboxylic acids is 1. The van der Waals surface area contributed by atoms with Gasteiger partial charge in [0.05, 0.1) is 25.8 Å². The summed E-state index contributed by atoms with van der Waals surface area (Å²) in [6.07, 6.45) is 1.76. The molecule has 21 heavy (non-hydrogen) atoms. The molecule has 0 aliphatic carbocycles. The second-order valence-electron chi connectivity index (χ2n) is 5.62. The number of nitrogens with one attached hydrogen (secondary N) is 1. The van der Waals surface area contributed by atoms with Crippen molar-refractivity contribution in [3.05, 3.63) is 35.4 Å². The van der Waals surface area contributed by atoms with Crippen molar-refractivity contribution < 1.29 is 14.3 Å². The zero-order valence-corrected chi connectivity index (χ0v) is 12.8. The molecule has 1 amide bonds. The third kappa shape index (κ3) is 4.65. The van der Waals surface area contributed by atoms with E-state index in [1.807, 2.05) is 12.1 Å². The van der Waals surface area contributed by atoms with Crippen molar-refractivity contribution in [3.8, 4) is 0 Å². The average Bonchev–Trinajstić information content (AvgIpc) is 2.85. The quantitative estimate of drug-likeness (QED) is 0.669. The molecule has 0 atom stereocenters. The number of hydrogen-bond acceptors (Lipinski definition) is 4. The number of amides is 1. The van der Waals surface area contributed by atoms with Crippen LogP contribution < -0.4 is 5.43 Å². The topological polar surface area (TPSA) is 59.9 Å². The summed E-state index contributed by atoms with van der Waals surface area (Å²) < 4.78 is 10.8. The lowest BCUT2D eigenvalue weighted by Gasteiger charge is -2.20. The molecule has 1 fully saturated rings. The summed E-state index contributed by atoms with van der Waals surface area (Å²) in [6, 6.07) is 8.09. The van der Waals surface area contributed by atoms with Gasteiger partial charge in [-0.1, -0.05) is 38.1 Å². The van der Waals surface area contributed by atoms with Crippen molar-refractivity contribution in [2.75, 3.05) is 13.2 Å². The van der Waals surface area contributed by atoms with Gasteiger partial charge in [0.2, 0.25) is 5.91 Å². The minimum Gasteiger partial charge on any atom is -0.347 e. The van der Waals surface area contributed by atoms with Crippen LogP contribution in [0.4, 0.5) is 0 Å². The predicted molar refractivity (Wildman–Crippen MR) is 81.2 cm³/mol. The van der Waals surface area contributed by atoms with Crippen LogP contribution in [0.2, 0.25) is 0 Å². The van der Waals surface area contributed by atoms with Crippen LogP contribution in [-0.4, -0.2) is 31.1 Å². The van der Waals surface area contributed by atoms with Gasteiger partial charge in [-0.15, -0.1) is 0 Å². The molecule has 5 heteroatoms. The molecule has 1 N–H and O–H groups in total. The first-order valence-corrected chi connectivity index (χ1v) is 7.18. The summed E-state index contributed by atoms with van der Waals surface area (Å²) in [5.41, 5.74) is 4.71. The van der Waals surface area contributed by atoms with E-state index in [2.05, 4.69) is 36.5 Å². The van der Waals surface area contributed by atoms with Crippen LogP contribution in [0.25, 0.3) is 0 Å². The fraction of sp³-hybridized carbons (Fsp3) is 0.500. The molecule has 0 spiro atoms. The van der Waals surface area contributed by atoms with E-state index in [9.17, 15) is 4.79 Å². The molecular weight excluding hydrogens is 268 g/mol. The highest BCUT2D eigenvalue weighted by molar-refractivity contribution is 5.82. The highest BCUT2D eigenvalue weighted by Gasteiger charge is 2.33. The zero-order chi connectivity index (χ0) is 15.3. The van der Waals surface area contributed by atoms with Crippen molar-refractivity contribution in [2.45, 2.75) is 38.9 Å². The molecule has 2 rings (SSSR count). The Balaban J connectivity index is 1.82. The molecule has 1 aromatic rings. The van der Waals surface area contributed by atoms with Crippen molar-refractivity contribution in [1.82, 2.24) is 5.43 Å². The molecule has 1 aliphatic rings. The highest BCUT2D eigenvalue weighted by atomic mass is 16.7. The molecule has 0 bridgehead atoms. The van der Waals surface area contributed by atoms with Crippen LogP contribution in [-0.2, 0) is 14.3 Å². The SMILES string of the molecule is CC(C)c1ccc(/C=N\NC(=O)CC2(C)OCCO2)cc1. The molecule has 0 saturated carbocycles. The Labute approximate surface area is 125 Å². The summed E-state index contributed by atoms with van der Waals surface area (Å²) in [5, 5.41) is 3.95. The largest absolute Gasteiger partial charge is 0.347 e. The van der Waals surface area contributed by atoms with Crippen molar-refractivity contribution >= 4 is 12.1 Å². The fourth-order valence-corrected chi connectivity index (χ4v) is 2.14. The number of hydrogen-bond donors (Lipinski definition) is 1. The maximum Gasteiger partial charge on any atom is 0.245 e. The Morgan fingerprint density at radius 2 is 1.95 bits per heavy atom.